The Kier molecular flexibility index (Phi) is 27.0. The van der Waals surface area contributed by atoms with Gasteiger partial charge in [-0.3, -0.25) is 0 Å². The predicted molar refractivity (Wildman–Crippen MR) is 576 cm³/mol. The highest BCUT2D eigenvalue weighted by Gasteiger charge is 2.32. The number of fused-ring (bicyclic) bond motifs is 4. The molecule has 0 bridgehead atoms. The highest BCUT2D eigenvalue weighted by atomic mass is 32.1. The monoisotopic (exact) mass is 1950 g/mol. The molecule has 710 valence electrons. The van der Waals surface area contributed by atoms with Crippen LogP contribution in [-0.4, -0.2) is 110 Å². The lowest BCUT2D eigenvalue weighted by atomic mass is 9.96. The second kappa shape index (κ2) is 41.7. The van der Waals surface area contributed by atoms with Crippen LogP contribution >= 0.6 is 45.3 Å². The average molecular weight is 1960 g/mol. The van der Waals surface area contributed by atoms with Crippen molar-refractivity contribution in [2.75, 3.05) is 129 Å². The molecule has 24 heteroatoms. The number of nitrogens with zero attached hydrogens (tertiary/aromatic N) is 4. The van der Waals surface area contributed by atoms with Crippen molar-refractivity contribution in [1.29, 1.82) is 0 Å². The van der Waals surface area contributed by atoms with Crippen LogP contribution in [0.5, 0.6) is 92.0 Å². The first-order chi connectivity index (χ1) is 69.9. The largest absolute Gasteiger partial charge is 0.497 e. The molecule has 13 aromatic carbocycles. The molecule has 4 aliphatic rings. The fourth-order valence-corrected chi connectivity index (χ4v) is 22.1. The van der Waals surface area contributed by atoms with Crippen LogP contribution in [0.1, 0.15) is 41.8 Å². The first kappa shape index (κ1) is 92.0. The normalized spacial score (nSPS) is 12.9. The molecule has 0 spiro atoms. The molecule has 0 N–H and O–H groups in total. The van der Waals surface area contributed by atoms with Gasteiger partial charge in [0, 0.05) is 68.2 Å². The first-order valence-corrected chi connectivity index (χ1v) is 49.6. The first-order valence-electron chi connectivity index (χ1n) is 46.3. The van der Waals surface area contributed by atoms with Crippen LogP contribution in [0.4, 0.5) is 68.2 Å². The molecular formula is C118H98N4O16S4. The number of benzene rings is 13. The van der Waals surface area contributed by atoms with Crippen molar-refractivity contribution in [3.63, 3.8) is 0 Å². The Morgan fingerprint density at radius 3 is 0.451 bits per heavy atom. The van der Waals surface area contributed by atoms with Gasteiger partial charge in [-0.2, -0.15) is 0 Å². The van der Waals surface area contributed by atoms with Gasteiger partial charge in [-0.15, -0.1) is 45.3 Å². The zero-order valence-electron chi connectivity index (χ0n) is 79.1. The topological polar surface area (TPSA) is 161 Å². The third-order valence-corrected chi connectivity index (χ3v) is 29.5. The van der Waals surface area contributed by atoms with Gasteiger partial charge in [0.25, 0.3) is 0 Å². The maximum Gasteiger partial charge on any atom is 0.180 e. The van der Waals surface area contributed by atoms with E-state index in [0.717, 1.165) is 198 Å². The molecule has 4 aliphatic heterocycles. The fourth-order valence-electron chi connectivity index (χ4n) is 17.7. The summed E-state index contributed by atoms with van der Waals surface area (Å²) < 4.78 is 98.5. The van der Waals surface area contributed by atoms with E-state index in [0.29, 0.717) is 98.9 Å². The molecule has 21 rings (SSSR count). The van der Waals surface area contributed by atoms with E-state index < -0.39 is 0 Å². The summed E-state index contributed by atoms with van der Waals surface area (Å²) in [7, 11) is 13.4. The number of thiophene rings is 4. The molecule has 0 fully saturated rings. The number of rotatable bonds is 32. The summed E-state index contributed by atoms with van der Waals surface area (Å²) >= 11 is 6.48. The molecule has 8 heterocycles. The third kappa shape index (κ3) is 19.1. The SMILES string of the molecule is COc1ccc(N(c2ccc(OC)cc2)c2ccc(-c3sc(/C=C/c4cc(/C=C/c5sc(-c6ccc(N(c7ccc(OC)cc7)c7ccc(OC)cc7)cc6)c6c5OCCO6)c(/C=C/c5sc(-c6ccc(N(c7ccc(OC)cc7)c7ccc(OC)cc7)cc6)c6c5OCCO6)cc4/C=C/c4sc(-c5ccc(N(c6ccc(OC)cc6)c6ccc(OC)cc6)cc5)c5c4OCCO5)c4c3OCCO4)cc2)cc1. The number of hydrogen-bond acceptors (Lipinski definition) is 24. The van der Waals surface area contributed by atoms with Crippen molar-refractivity contribution in [3.8, 4) is 134 Å². The molecule has 4 aromatic heterocycles. The number of methoxy groups -OCH3 is 8. The van der Waals surface area contributed by atoms with Gasteiger partial charge in [-0.1, -0.05) is 72.8 Å². The van der Waals surface area contributed by atoms with E-state index in [-0.39, 0.29) is 0 Å². The zero-order valence-corrected chi connectivity index (χ0v) is 82.4. The molecule has 142 heavy (non-hydrogen) atoms. The molecule has 17 aromatic rings. The van der Waals surface area contributed by atoms with Gasteiger partial charge in [0.15, 0.2) is 46.0 Å². The molecule has 0 atom stereocenters. The van der Waals surface area contributed by atoms with E-state index in [1.54, 1.807) is 102 Å². The lowest BCUT2D eigenvalue weighted by Gasteiger charge is -2.26. The lowest BCUT2D eigenvalue weighted by Crippen LogP contribution is -2.15. The van der Waals surface area contributed by atoms with Gasteiger partial charge in [-0.05, 0) is 324 Å². The molecular weight excluding hydrogens is 1860 g/mol. The van der Waals surface area contributed by atoms with Crippen LogP contribution < -0.4 is 95.4 Å². The minimum atomic E-state index is 0.371. The van der Waals surface area contributed by atoms with Gasteiger partial charge in [-0.25, -0.2) is 0 Å². The van der Waals surface area contributed by atoms with Crippen molar-refractivity contribution in [2.24, 2.45) is 0 Å². The smallest absolute Gasteiger partial charge is 0.180 e. The van der Waals surface area contributed by atoms with Crippen LogP contribution in [0.25, 0.3) is 90.4 Å². The molecule has 0 saturated carbocycles. The van der Waals surface area contributed by atoms with Gasteiger partial charge in [0.2, 0.25) is 0 Å². The van der Waals surface area contributed by atoms with Crippen LogP contribution in [0.15, 0.2) is 303 Å². The number of ether oxygens (including phenoxy) is 16. The Morgan fingerprint density at radius 2 is 0.310 bits per heavy atom. The second-order valence-corrected chi connectivity index (χ2v) is 37.4. The van der Waals surface area contributed by atoms with E-state index in [1.807, 2.05) is 97.1 Å². The average Bonchev–Trinajstić information content (AvgIpc) is 1.60. The minimum Gasteiger partial charge on any atom is -0.497 e. The van der Waals surface area contributed by atoms with Gasteiger partial charge in [0.1, 0.15) is 98.9 Å². The number of hydrogen-bond donors (Lipinski definition) is 0. The summed E-state index contributed by atoms with van der Waals surface area (Å²) in [5.41, 5.74) is 18.9. The van der Waals surface area contributed by atoms with E-state index in [1.165, 1.54) is 0 Å². The minimum absolute atomic E-state index is 0.371. The highest BCUT2D eigenvalue weighted by Crippen LogP contribution is 2.57. The maximum absolute atomic E-state index is 6.72. The maximum atomic E-state index is 6.72. The molecule has 0 aliphatic carbocycles. The van der Waals surface area contributed by atoms with E-state index in [4.69, 9.17) is 75.8 Å². The van der Waals surface area contributed by atoms with Crippen LogP contribution in [0.2, 0.25) is 0 Å². The van der Waals surface area contributed by atoms with Crippen molar-refractivity contribution in [3.05, 3.63) is 345 Å². The van der Waals surface area contributed by atoms with E-state index >= 15 is 0 Å². The predicted octanol–water partition coefficient (Wildman–Crippen LogP) is 30.3. The molecule has 20 nitrogen and oxygen atoms in total. The Morgan fingerprint density at radius 1 is 0.176 bits per heavy atom. The zero-order chi connectivity index (χ0) is 96.5. The fraction of sp³-hybridized carbons (Fsp3) is 0.136. The van der Waals surface area contributed by atoms with Crippen LogP contribution in [0.3, 0.4) is 0 Å². The second-order valence-electron chi connectivity index (χ2n) is 33.2. The standard InChI is InChI=1S/C118H98N4O16S4/c1-123-95-45-29-87(30-46-95)119(88-31-47-96(124-2)48-32-88)83-21-9-75(10-22-83)115-111-107(131-65-69-135-111)103(139-115)61-17-79-73-81(19-63-105-109-113(137-71-67-133-109)117(141-105)77-13-25-85(26-14-77)121(91-37-53-99(127-5)54-38-91)92-39-55-100(128-6)56-40-92)82(20-64-106-110-114(138-72-68-134-110)118(142-106)78-15-27-86(28-16-78)122(93-41-57-101(129-7)58-42-93)94-43-59-102(130-8)60-44-94)74-80(79)18-62-104-108-112(136-70-66-132-108)116(140-104)76-11-23-84(24-12-76)120(89-33-49-97(125-3)50-34-89)90-35-51-98(126-4)52-36-90/h9-64,73-74H,65-72H2,1-8H3/b61-17+,62-18+,63-19+,64-20+. The van der Waals surface area contributed by atoms with Crippen LogP contribution in [-0.2, 0) is 0 Å². The van der Waals surface area contributed by atoms with Crippen molar-refractivity contribution in [1.82, 2.24) is 0 Å². The molecule has 0 amide bonds. The summed E-state index contributed by atoms with van der Waals surface area (Å²) in [5.74, 6) is 11.5. The van der Waals surface area contributed by atoms with Crippen LogP contribution in [0, 0.1) is 0 Å². The summed E-state index contributed by atoms with van der Waals surface area (Å²) in [6.07, 6.45) is 17.3. The van der Waals surface area contributed by atoms with Crippen molar-refractivity contribution >= 4 is 162 Å². The Hall–Kier alpha value is -16.4. The molecule has 0 unspecified atom stereocenters. The summed E-state index contributed by atoms with van der Waals surface area (Å²) in [6, 6.07) is 103. The van der Waals surface area contributed by atoms with E-state index in [2.05, 4.69) is 274 Å². The summed E-state index contributed by atoms with van der Waals surface area (Å²) in [6.45, 7) is 3.02. The summed E-state index contributed by atoms with van der Waals surface area (Å²) in [4.78, 5) is 16.1. The van der Waals surface area contributed by atoms with E-state index in [9.17, 15) is 0 Å². The van der Waals surface area contributed by atoms with Crippen molar-refractivity contribution in [2.45, 2.75) is 0 Å². The highest BCUT2D eigenvalue weighted by molar-refractivity contribution is 7.18. The Bertz CT molecular complexity index is 6380. The summed E-state index contributed by atoms with van der Waals surface area (Å²) in [5, 5.41) is 0. The number of anilines is 12. The van der Waals surface area contributed by atoms with Gasteiger partial charge in [0.05, 0.1) is 95.9 Å². The molecule has 0 radical (unpaired) electrons. The Balaban J connectivity index is 0.700. The third-order valence-electron chi connectivity index (χ3n) is 24.8. The van der Waals surface area contributed by atoms with Gasteiger partial charge < -0.3 is 95.4 Å². The van der Waals surface area contributed by atoms with Crippen molar-refractivity contribution < 1.29 is 75.8 Å². The quantitative estimate of drug-likeness (QED) is 0.0391. The lowest BCUT2D eigenvalue weighted by molar-refractivity contribution is 0.174. The Labute approximate surface area is 840 Å². The van der Waals surface area contributed by atoms with Gasteiger partial charge >= 0.3 is 0 Å². The molecule has 0 saturated heterocycles.